The van der Waals surface area contributed by atoms with Crippen molar-refractivity contribution in [1.82, 2.24) is 9.88 Å². The molecule has 17 heavy (non-hydrogen) atoms. The molecule has 2 rings (SSSR count). The zero-order chi connectivity index (χ0) is 12.3. The Morgan fingerprint density at radius 3 is 2.88 bits per heavy atom. The number of aromatic nitrogens is 1. The maximum Gasteiger partial charge on any atom is 0.0797 e. The van der Waals surface area contributed by atoms with Gasteiger partial charge in [-0.3, -0.25) is 0 Å². The first kappa shape index (κ1) is 13.0. The molecule has 1 aromatic heterocycles. The molecule has 96 valence electrons. The van der Waals surface area contributed by atoms with Gasteiger partial charge in [-0.05, 0) is 33.2 Å². The molecule has 0 bridgehead atoms. The van der Waals surface area contributed by atoms with E-state index in [9.17, 15) is 5.11 Å². The lowest BCUT2D eigenvalue weighted by Gasteiger charge is -2.35. The van der Waals surface area contributed by atoms with Gasteiger partial charge in [0.1, 0.15) is 0 Å². The van der Waals surface area contributed by atoms with Crippen LogP contribution in [-0.4, -0.2) is 40.7 Å². The Morgan fingerprint density at radius 2 is 2.24 bits per heavy atom. The van der Waals surface area contributed by atoms with Gasteiger partial charge in [0, 0.05) is 17.5 Å². The first-order chi connectivity index (χ1) is 8.18. The molecule has 0 radical (unpaired) electrons. The SMILES string of the molecule is Cc1ncsc1CCN(C)C1CCCCC1O. The summed E-state index contributed by atoms with van der Waals surface area (Å²) in [5.41, 5.74) is 3.08. The van der Waals surface area contributed by atoms with Crippen molar-refractivity contribution < 1.29 is 5.11 Å². The summed E-state index contributed by atoms with van der Waals surface area (Å²) in [6.45, 7) is 3.09. The summed E-state index contributed by atoms with van der Waals surface area (Å²) < 4.78 is 0. The molecule has 0 aliphatic heterocycles. The first-order valence-electron chi connectivity index (χ1n) is 6.45. The predicted molar refractivity (Wildman–Crippen MR) is 71.4 cm³/mol. The average molecular weight is 254 g/mol. The minimum absolute atomic E-state index is 0.128. The van der Waals surface area contributed by atoms with Crippen LogP contribution >= 0.6 is 11.3 Å². The van der Waals surface area contributed by atoms with Crippen LogP contribution in [0.1, 0.15) is 36.3 Å². The first-order valence-corrected chi connectivity index (χ1v) is 7.33. The molecule has 0 saturated heterocycles. The van der Waals surface area contributed by atoms with Gasteiger partial charge in [0.05, 0.1) is 17.3 Å². The molecule has 2 unspecified atom stereocenters. The van der Waals surface area contributed by atoms with Crippen molar-refractivity contribution in [1.29, 1.82) is 0 Å². The van der Waals surface area contributed by atoms with Gasteiger partial charge in [-0.2, -0.15) is 0 Å². The van der Waals surface area contributed by atoms with Crippen molar-refractivity contribution in [3.8, 4) is 0 Å². The van der Waals surface area contributed by atoms with Gasteiger partial charge in [-0.15, -0.1) is 11.3 Å². The van der Waals surface area contributed by atoms with Crippen LogP contribution in [0.4, 0.5) is 0 Å². The molecule has 1 aromatic rings. The van der Waals surface area contributed by atoms with E-state index in [0.29, 0.717) is 6.04 Å². The second kappa shape index (κ2) is 5.94. The van der Waals surface area contributed by atoms with Crippen molar-refractivity contribution in [3.05, 3.63) is 16.1 Å². The van der Waals surface area contributed by atoms with Gasteiger partial charge in [-0.25, -0.2) is 4.98 Å². The lowest BCUT2D eigenvalue weighted by molar-refractivity contribution is 0.0328. The molecule has 0 amide bonds. The Bertz CT molecular complexity index is 353. The fourth-order valence-electron chi connectivity index (χ4n) is 2.62. The Kier molecular flexibility index (Phi) is 4.54. The van der Waals surface area contributed by atoms with Crippen molar-refractivity contribution >= 4 is 11.3 Å². The number of hydrogen-bond acceptors (Lipinski definition) is 4. The molecule has 2 atom stereocenters. The Balaban J connectivity index is 1.84. The van der Waals surface area contributed by atoms with E-state index in [1.54, 1.807) is 11.3 Å². The van der Waals surface area contributed by atoms with Crippen LogP contribution in [0.5, 0.6) is 0 Å². The Labute approximate surface area is 107 Å². The number of aliphatic hydroxyl groups excluding tert-OH is 1. The maximum atomic E-state index is 10.00. The number of aryl methyl sites for hydroxylation is 1. The number of likely N-dealkylation sites (N-methyl/N-ethyl adjacent to an activating group) is 1. The summed E-state index contributed by atoms with van der Waals surface area (Å²) in [5, 5.41) is 10.00. The lowest BCUT2D eigenvalue weighted by Crippen LogP contribution is -2.44. The quantitative estimate of drug-likeness (QED) is 0.895. The number of thiazole rings is 1. The van der Waals surface area contributed by atoms with E-state index < -0.39 is 0 Å². The van der Waals surface area contributed by atoms with Crippen molar-refractivity contribution in [2.45, 2.75) is 51.2 Å². The lowest BCUT2D eigenvalue weighted by atomic mass is 9.91. The molecular formula is C13H22N2OS. The van der Waals surface area contributed by atoms with E-state index in [-0.39, 0.29) is 6.10 Å². The molecule has 4 heteroatoms. The highest BCUT2D eigenvalue weighted by atomic mass is 32.1. The topological polar surface area (TPSA) is 36.4 Å². The highest BCUT2D eigenvalue weighted by molar-refractivity contribution is 7.09. The second-order valence-electron chi connectivity index (χ2n) is 5.01. The summed E-state index contributed by atoms with van der Waals surface area (Å²) in [7, 11) is 2.13. The fraction of sp³-hybridized carbons (Fsp3) is 0.769. The monoisotopic (exact) mass is 254 g/mol. The molecule has 1 N–H and O–H groups in total. The van der Waals surface area contributed by atoms with Gasteiger partial charge in [0.25, 0.3) is 0 Å². The minimum atomic E-state index is -0.128. The molecule has 1 aliphatic carbocycles. The number of nitrogens with zero attached hydrogens (tertiary/aromatic N) is 2. The highest BCUT2D eigenvalue weighted by Crippen LogP contribution is 2.23. The average Bonchev–Trinajstić information content (AvgIpc) is 2.72. The summed E-state index contributed by atoms with van der Waals surface area (Å²) in [5.74, 6) is 0. The smallest absolute Gasteiger partial charge is 0.0797 e. The van der Waals surface area contributed by atoms with Crippen LogP contribution in [0.3, 0.4) is 0 Å². The van der Waals surface area contributed by atoms with Crippen LogP contribution in [0.25, 0.3) is 0 Å². The third kappa shape index (κ3) is 3.27. The van der Waals surface area contributed by atoms with Crippen LogP contribution in [0, 0.1) is 6.92 Å². The van der Waals surface area contributed by atoms with Crippen LogP contribution in [0.2, 0.25) is 0 Å². The van der Waals surface area contributed by atoms with Crippen LogP contribution in [-0.2, 0) is 6.42 Å². The number of hydrogen-bond donors (Lipinski definition) is 1. The normalized spacial score (nSPS) is 25.4. The van der Waals surface area contributed by atoms with E-state index in [1.165, 1.54) is 17.7 Å². The van der Waals surface area contributed by atoms with Gasteiger partial charge >= 0.3 is 0 Å². The van der Waals surface area contributed by atoms with Gasteiger partial charge in [0.2, 0.25) is 0 Å². The van der Waals surface area contributed by atoms with Crippen LogP contribution < -0.4 is 0 Å². The van der Waals surface area contributed by atoms with E-state index in [4.69, 9.17) is 0 Å². The third-order valence-corrected chi connectivity index (χ3v) is 4.79. The zero-order valence-corrected chi connectivity index (χ0v) is 11.5. The standard InChI is InChI=1S/C13H22N2OS/c1-10-13(17-9-14-10)7-8-15(2)11-5-3-4-6-12(11)16/h9,11-12,16H,3-8H2,1-2H3. The van der Waals surface area contributed by atoms with Gasteiger partial charge < -0.3 is 10.0 Å². The maximum absolute atomic E-state index is 10.00. The van der Waals surface area contributed by atoms with Gasteiger partial charge in [0.15, 0.2) is 0 Å². The van der Waals surface area contributed by atoms with Gasteiger partial charge in [-0.1, -0.05) is 12.8 Å². The summed E-state index contributed by atoms with van der Waals surface area (Å²) in [4.78, 5) is 7.97. The molecular weight excluding hydrogens is 232 g/mol. The molecule has 0 spiro atoms. The Morgan fingerprint density at radius 1 is 1.47 bits per heavy atom. The van der Waals surface area contributed by atoms with Crippen LogP contribution in [0.15, 0.2) is 5.51 Å². The molecule has 1 fully saturated rings. The van der Waals surface area contributed by atoms with E-state index in [1.807, 2.05) is 5.51 Å². The fourth-order valence-corrected chi connectivity index (χ4v) is 3.39. The largest absolute Gasteiger partial charge is 0.391 e. The van der Waals surface area contributed by atoms with E-state index >= 15 is 0 Å². The molecule has 1 heterocycles. The minimum Gasteiger partial charge on any atom is -0.391 e. The van der Waals surface area contributed by atoms with Crippen molar-refractivity contribution in [2.24, 2.45) is 0 Å². The Hall–Kier alpha value is -0.450. The molecule has 3 nitrogen and oxygen atoms in total. The molecule has 0 aromatic carbocycles. The van der Waals surface area contributed by atoms with E-state index in [0.717, 1.165) is 31.5 Å². The van der Waals surface area contributed by atoms with Crippen molar-refractivity contribution in [3.63, 3.8) is 0 Å². The van der Waals surface area contributed by atoms with Crippen molar-refractivity contribution in [2.75, 3.05) is 13.6 Å². The third-order valence-electron chi connectivity index (χ3n) is 3.80. The molecule has 1 saturated carbocycles. The zero-order valence-electron chi connectivity index (χ0n) is 10.7. The summed E-state index contributed by atoms with van der Waals surface area (Å²) >= 11 is 1.74. The summed E-state index contributed by atoms with van der Waals surface area (Å²) in [6, 6.07) is 0.358. The second-order valence-corrected chi connectivity index (χ2v) is 5.95. The number of aliphatic hydroxyl groups is 1. The summed E-state index contributed by atoms with van der Waals surface area (Å²) in [6.07, 6.45) is 5.46. The van der Waals surface area contributed by atoms with E-state index in [2.05, 4.69) is 23.9 Å². The molecule has 1 aliphatic rings. The number of rotatable bonds is 4. The predicted octanol–water partition coefficient (Wildman–Crippen LogP) is 2.23. The highest BCUT2D eigenvalue weighted by Gasteiger charge is 2.26.